The number of aliphatic hydroxyl groups excluding tert-OH is 1. The zero-order valence-electron chi connectivity index (χ0n) is 7.40. The average Bonchev–Trinajstić information content (AvgIpc) is 2.10. The maximum Gasteiger partial charge on any atom is 0.267 e. The van der Waals surface area contributed by atoms with Crippen molar-refractivity contribution in [3.63, 3.8) is 0 Å². The number of hydrogen-bond donors (Lipinski definition) is 2. The van der Waals surface area contributed by atoms with Gasteiger partial charge in [0.05, 0.1) is 6.33 Å². The number of aromatic nitrogens is 2. The van der Waals surface area contributed by atoms with E-state index in [1.54, 1.807) is 0 Å². The first-order valence-corrected chi connectivity index (χ1v) is 5.10. The number of nitrogens with zero attached hydrogens (tertiary/aromatic N) is 2. The number of halogens is 1. The minimum absolute atomic E-state index is 0.178. The van der Waals surface area contributed by atoms with Crippen molar-refractivity contribution in [2.75, 3.05) is 24.6 Å². The Morgan fingerprint density at radius 2 is 2.43 bits per heavy atom. The third-order valence-electron chi connectivity index (χ3n) is 2.29. The van der Waals surface area contributed by atoms with Crippen molar-refractivity contribution in [1.82, 2.24) is 9.97 Å². The molecule has 14 heavy (non-hydrogen) atoms. The summed E-state index contributed by atoms with van der Waals surface area (Å²) in [4.78, 5) is 19.7. The zero-order chi connectivity index (χ0) is 10.1. The summed E-state index contributed by atoms with van der Waals surface area (Å²) in [7, 11) is 0. The molecule has 1 aromatic rings. The van der Waals surface area contributed by atoms with Gasteiger partial charge in [-0.2, -0.15) is 0 Å². The molecule has 0 spiro atoms. The highest BCUT2D eigenvalue weighted by Crippen LogP contribution is 2.26. The van der Waals surface area contributed by atoms with Crippen LogP contribution in [0.1, 0.15) is 0 Å². The highest BCUT2D eigenvalue weighted by Gasteiger charge is 2.28. The van der Waals surface area contributed by atoms with Crippen LogP contribution in [0.3, 0.4) is 0 Å². The Labute approximate surface area is 88.9 Å². The van der Waals surface area contributed by atoms with Crippen molar-refractivity contribution in [3.05, 3.63) is 21.2 Å². The van der Waals surface area contributed by atoms with Crippen LogP contribution in [0.2, 0.25) is 0 Å². The number of aliphatic hydroxyl groups is 1. The molecule has 0 aromatic carbocycles. The molecule has 0 saturated carbocycles. The van der Waals surface area contributed by atoms with Crippen molar-refractivity contribution in [2.24, 2.45) is 5.92 Å². The predicted octanol–water partition coefficient (Wildman–Crippen LogP) is -0.0391. The van der Waals surface area contributed by atoms with E-state index >= 15 is 0 Å². The van der Waals surface area contributed by atoms with E-state index in [1.807, 2.05) is 4.90 Å². The predicted molar refractivity (Wildman–Crippen MR) is 55.3 cm³/mol. The summed E-state index contributed by atoms with van der Waals surface area (Å²) in [6.45, 7) is 1.70. The fourth-order valence-corrected chi connectivity index (χ4v) is 1.92. The van der Waals surface area contributed by atoms with Crippen LogP contribution < -0.4 is 10.5 Å². The van der Waals surface area contributed by atoms with Gasteiger partial charge in [-0.05, 0) is 15.9 Å². The normalized spacial score (nSPS) is 16.9. The second kappa shape index (κ2) is 3.70. The van der Waals surface area contributed by atoms with Crippen molar-refractivity contribution in [1.29, 1.82) is 0 Å². The van der Waals surface area contributed by atoms with Crippen LogP contribution in [0.15, 0.2) is 15.6 Å². The second-order valence-electron chi connectivity index (χ2n) is 3.32. The standard InChI is InChI=1S/C8H10BrN3O2/c9-6-7(10-4-11-8(6)14)12-1-5(2-12)3-13/h4-5,13H,1-3H2,(H,10,11,14). The van der Waals surface area contributed by atoms with Crippen molar-refractivity contribution >= 4 is 21.7 Å². The molecule has 6 heteroatoms. The van der Waals surface area contributed by atoms with Crippen LogP contribution >= 0.6 is 15.9 Å². The quantitative estimate of drug-likeness (QED) is 0.783. The topological polar surface area (TPSA) is 69.2 Å². The smallest absolute Gasteiger partial charge is 0.267 e. The Kier molecular flexibility index (Phi) is 2.56. The van der Waals surface area contributed by atoms with Crippen LogP contribution in [0.4, 0.5) is 5.82 Å². The molecular formula is C8H10BrN3O2. The minimum Gasteiger partial charge on any atom is -0.396 e. The van der Waals surface area contributed by atoms with E-state index < -0.39 is 0 Å². The van der Waals surface area contributed by atoms with Crippen molar-refractivity contribution in [2.45, 2.75) is 0 Å². The molecule has 76 valence electrons. The average molecular weight is 260 g/mol. The molecule has 1 aliphatic heterocycles. The summed E-state index contributed by atoms with van der Waals surface area (Å²) in [6.07, 6.45) is 1.38. The summed E-state index contributed by atoms with van der Waals surface area (Å²) in [5, 5.41) is 8.85. The van der Waals surface area contributed by atoms with Gasteiger partial charge in [-0.25, -0.2) is 4.98 Å². The number of H-pyrrole nitrogens is 1. The Morgan fingerprint density at radius 3 is 3.07 bits per heavy atom. The molecule has 0 bridgehead atoms. The summed E-state index contributed by atoms with van der Waals surface area (Å²) in [5.41, 5.74) is -0.178. The van der Waals surface area contributed by atoms with Crippen LogP contribution in [0, 0.1) is 5.92 Å². The van der Waals surface area contributed by atoms with Gasteiger partial charge < -0.3 is 15.0 Å². The SMILES string of the molecule is O=c1[nH]cnc(N2CC(CO)C2)c1Br. The lowest BCUT2D eigenvalue weighted by molar-refractivity contribution is 0.200. The van der Waals surface area contributed by atoms with Crippen LogP contribution in [0.25, 0.3) is 0 Å². The largest absolute Gasteiger partial charge is 0.396 e. The lowest BCUT2D eigenvalue weighted by Crippen LogP contribution is -2.49. The van der Waals surface area contributed by atoms with E-state index in [0.717, 1.165) is 13.1 Å². The molecule has 0 aliphatic carbocycles. The van der Waals surface area contributed by atoms with Gasteiger partial charge in [0.1, 0.15) is 10.3 Å². The van der Waals surface area contributed by atoms with Crippen molar-refractivity contribution in [3.8, 4) is 0 Å². The molecule has 2 rings (SSSR count). The third kappa shape index (κ3) is 1.55. The molecule has 2 N–H and O–H groups in total. The summed E-state index contributed by atoms with van der Waals surface area (Å²) in [6, 6.07) is 0. The minimum atomic E-state index is -0.178. The van der Waals surface area contributed by atoms with E-state index in [-0.39, 0.29) is 12.2 Å². The molecule has 0 amide bonds. The lowest BCUT2D eigenvalue weighted by Gasteiger charge is -2.39. The Balaban J connectivity index is 2.19. The number of nitrogens with one attached hydrogen (secondary N) is 1. The van der Waals surface area contributed by atoms with Gasteiger partial charge >= 0.3 is 0 Å². The van der Waals surface area contributed by atoms with E-state index in [0.29, 0.717) is 16.2 Å². The molecule has 0 unspecified atom stereocenters. The first kappa shape index (κ1) is 9.67. The molecule has 0 radical (unpaired) electrons. The fourth-order valence-electron chi connectivity index (χ4n) is 1.45. The first-order valence-electron chi connectivity index (χ1n) is 4.31. The van der Waals surface area contributed by atoms with E-state index in [1.165, 1.54) is 6.33 Å². The fraction of sp³-hybridized carbons (Fsp3) is 0.500. The van der Waals surface area contributed by atoms with Crippen LogP contribution in [0.5, 0.6) is 0 Å². The Hall–Kier alpha value is -0.880. The molecule has 1 saturated heterocycles. The third-order valence-corrected chi connectivity index (χ3v) is 3.01. The number of aromatic amines is 1. The van der Waals surface area contributed by atoms with Gasteiger partial charge in [0, 0.05) is 25.6 Å². The Bertz CT molecular complexity index is 386. The highest BCUT2D eigenvalue weighted by molar-refractivity contribution is 9.10. The van der Waals surface area contributed by atoms with Crippen LogP contribution in [-0.2, 0) is 0 Å². The van der Waals surface area contributed by atoms with Gasteiger partial charge in [-0.15, -0.1) is 0 Å². The first-order chi connectivity index (χ1) is 6.72. The van der Waals surface area contributed by atoms with E-state index in [4.69, 9.17) is 5.11 Å². The highest BCUT2D eigenvalue weighted by atomic mass is 79.9. The maximum atomic E-state index is 11.2. The van der Waals surface area contributed by atoms with Gasteiger partial charge in [0.2, 0.25) is 0 Å². The van der Waals surface area contributed by atoms with Gasteiger partial charge in [-0.3, -0.25) is 4.79 Å². The molecule has 1 aromatic heterocycles. The molecule has 1 fully saturated rings. The molecular weight excluding hydrogens is 250 g/mol. The number of anilines is 1. The lowest BCUT2D eigenvalue weighted by atomic mass is 10.0. The monoisotopic (exact) mass is 259 g/mol. The van der Waals surface area contributed by atoms with Crippen molar-refractivity contribution < 1.29 is 5.11 Å². The van der Waals surface area contributed by atoms with Gasteiger partial charge in [-0.1, -0.05) is 0 Å². The summed E-state index contributed by atoms with van der Waals surface area (Å²) >= 11 is 3.19. The molecule has 2 heterocycles. The van der Waals surface area contributed by atoms with E-state index in [9.17, 15) is 4.79 Å². The summed E-state index contributed by atoms with van der Waals surface area (Å²) in [5.74, 6) is 0.960. The number of rotatable bonds is 2. The summed E-state index contributed by atoms with van der Waals surface area (Å²) < 4.78 is 0.455. The maximum absolute atomic E-state index is 11.2. The van der Waals surface area contributed by atoms with Gasteiger partial charge in [0.15, 0.2) is 0 Å². The Morgan fingerprint density at radius 1 is 1.71 bits per heavy atom. The van der Waals surface area contributed by atoms with Gasteiger partial charge in [0.25, 0.3) is 5.56 Å². The second-order valence-corrected chi connectivity index (χ2v) is 4.12. The molecule has 0 atom stereocenters. The van der Waals surface area contributed by atoms with Crippen LogP contribution in [-0.4, -0.2) is 34.8 Å². The molecule has 1 aliphatic rings. The zero-order valence-corrected chi connectivity index (χ0v) is 8.99. The number of hydrogen-bond acceptors (Lipinski definition) is 4. The van der Waals surface area contributed by atoms with E-state index in [2.05, 4.69) is 25.9 Å². The molecule has 5 nitrogen and oxygen atoms in total.